The highest BCUT2D eigenvalue weighted by molar-refractivity contribution is 5.94. The quantitative estimate of drug-likeness (QED) is 0.921. The number of anilines is 1. The van der Waals surface area contributed by atoms with Crippen molar-refractivity contribution in [1.29, 1.82) is 0 Å². The monoisotopic (exact) mass is 294 g/mol. The smallest absolute Gasteiger partial charge is 0.321 e. The Morgan fingerprint density at radius 2 is 2.00 bits per heavy atom. The van der Waals surface area contributed by atoms with Crippen molar-refractivity contribution < 1.29 is 4.79 Å². The van der Waals surface area contributed by atoms with Gasteiger partial charge in [0, 0.05) is 18.8 Å². The van der Waals surface area contributed by atoms with E-state index in [0.29, 0.717) is 6.54 Å². The van der Waals surface area contributed by atoms with Gasteiger partial charge in [0.2, 0.25) is 0 Å². The Kier molecular flexibility index (Phi) is 4.14. The molecule has 114 valence electrons. The largest absolute Gasteiger partial charge is 0.337 e. The zero-order chi connectivity index (χ0) is 15.5. The van der Waals surface area contributed by atoms with E-state index in [0.717, 1.165) is 25.1 Å². The number of hydrogen-bond acceptors (Lipinski definition) is 1. The van der Waals surface area contributed by atoms with E-state index >= 15 is 0 Å². The van der Waals surface area contributed by atoms with Gasteiger partial charge in [-0.25, -0.2) is 4.79 Å². The molecule has 2 amide bonds. The SMILES string of the molecule is Cc1ccc(CCNC(=O)N2CCc3ccccc32)c(C)c1. The predicted molar refractivity (Wildman–Crippen MR) is 90.5 cm³/mol. The van der Waals surface area contributed by atoms with E-state index in [1.807, 2.05) is 23.1 Å². The molecule has 1 aliphatic rings. The number of carbonyl (C=O) groups is 1. The van der Waals surface area contributed by atoms with E-state index < -0.39 is 0 Å². The summed E-state index contributed by atoms with van der Waals surface area (Å²) in [4.78, 5) is 14.2. The van der Waals surface area contributed by atoms with Gasteiger partial charge >= 0.3 is 6.03 Å². The summed E-state index contributed by atoms with van der Waals surface area (Å²) in [5.74, 6) is 0. The molecule has 3 rings (SSSR count). The van der Waals surface area contributed by atoms with Crippen molar-refractivity contribution >= 4 is 11.7 Å². The highest BCUT2D eigenvalue weighted by atomic mass is 16.2. The van der Waals surface area contributed by atoms with Gasteiger partial charge in [0.15, 0.2) is 0 Å². The number of carbonyl (C=O) groups excluding carboxylic acids is 1. The number of nitrogens with one attached hydrogen (secondary N) is 1. The number of benzene rings is 2. The van der Waals surface area contributed by atoms with Crippen LogP contribution in [0.4, 0.5) is 10.5 Å². The molecule has 1 aliphatic heterocycles. The lowest BCUT2D eigenvalue weighted by Gasteiger charge is -2.18. The number of aryl methyl sites for hydroxylation is 2. The molecule has 0 radical (unpaired) electrons. The molecule has 2 aromatic carbocycles. The average Bonchev–Trinajstić information content (AvgIpc) is 2.93. The Morgan fingerprint density at radius 1 is 1.18 bits per heavy atom. The Labute approximate surface area is 132 Å². The number of hydrogen-bond donors (Lipinski definition) is 1. The van der Waals surface area contributed by atoms with Crippen LogP contribution in [0, 0.1) is 13.8 Å². The highest BCUT2D eigenvalue weighted by Gasteiger charge is 2.23. The fourth-order valence-corrected chi connectivity index (χ4v) is 3.08. The summed E-state index contributed by atoms with van der Waals surface area (Å²) in [7, 11) is 0. The molecule has 3 heteroatoms. The van der Waals surface area contributed by atoms with Crippen molar-refractivity contribution in [2.45, 2.75) is 26.7 Å². The second-order valence-corrected chi connectivity index (χ2v) is 5.94. The summed E-state index contributed by atoms with van der Waals surface area (Å²) >= 11 is 0. The third-order valence-electron chi connectivity index (χ3n) is 4.30. The molecule has 0 spiro atoms. The number of amides is 2. The summed E-state index contributed by atoms with van der Waals surface area (Å²) in [5.41, 5.74) is 6.17. The zero-order valence-corrected chi connectivity index (χ0v) is 13.2. The predicted octanol–water partition coefficient (Wildman–Crippen LogP) is 3.62. The van der Waals surface area contributed by atoms with Gasteiger partial charge in [-0.05, 0) is 49.4 Å². The molecule has 0 unspecified atom stereocenters. The maximum atomic E-state index is 12.4. The van der Waals surface area contributed by atoms with Crippen molar-refractivity contribution in [3.63, 3.8) is 0 Å². The summed E-state index contributed by atoms with van der Waals surface area (Å²) < 4.78 is 0. The first-order valence-electron chi connectivity index (χ1n) is 7.84. The van der Waals surface area contributed by atoms with Crippen LogP contribution in [0.15, 0.2) is 42.5 Å². The number of rotatable bonds is 3. The van der Waals surface area contributed by atoms with E-state index in [1.54, 1.807) is 0 Å². The molecule has 1 N–H and O–H groups in total. The Bertz CT molecular complexity index is 694. The maximum Gasteiger partial charge on any atom is 0.321 e. The summed E-state index contributed by atoms with van der Waals surface area (Å²) in [6, 6.07) is 14.6. The van der Waals surface area contributed by atoms with Gasteiger partial charge in [0.05, 0.1) is 0 Å². The lowest BCUT2D eigenvalue weighted by molar-refractivity contribution is 0.247. The van der Waals surface area contributed by atoms with E-state index in [4.69, 9.17) is 0 Å². The molecule has 0 saturated heterocycles. The molecule has 0 saturated carbocycles. The van der Waals surface area contributed by atoms with Crippen LogP contribution in [0.2, 0.25) is 0 Å². The van der Waals surface area contributed by atoms with Gasteiger partial charge < -0.3 is 5.32 Å². The number of para-hydroxylation sites is 1. The normalized spacial score (nSPS) is 13.1. The van der Waals surface area contributed by atoms with Gasteiger partial charge in [-0.1, -0.05) is 42.0 Å². The molecule has 0 aliphatic carbocycles. The molecule has 0 bridgehead atoms. The average molecular weight is 294 g/mol. The third kappa shape index (κ3) is 2.98. The van der Waals surface area contributed by atoms with Crippen molar-refractivity contribution in [2.24, 2.45) is 0 Å². The van der Waals surface area contributed by atoms with Gasteiger partial charge in [-0.3, -0.25) is 4.90 Å². The van der Waals surface area contributed by atoms with Crippen molar-refractivity contribution in [3.8, 4) is 0 Å². The second-order valence-electron chi connectivity index (χ2n) is 5.94. The molecule has 2 aromatic rings. The molecule has 22 heavy (non-hydrogen) atoms. The Hall–Kier alpha value is -2.29. The number of urea groups is 1. The lowest BCUT2D eigenvalue weighted by atomic mass is 10.0. The molecule has 1 heterocycles. The van der Waals surface area contributed by atoms with Gasteiger partial charge in [-0.15, -0.1) is 0 Å². The van der Waals surface area contributed by atoms with Crippen LogP contribution in [0.25, 0.3) is 0 Å². The van der Waals surface area contributed by atoms with E-state index in [9.17, 15) is 4.79 Å². The zero-order valence-electron chi connectivity index (χ0n) is 13.2. The molecule has 3 nitrogen and oxygen atoms in total. The van der Waals surface area contributed by atoms with Crippen LogP contribution in [0.5, 0.6) is 0 Å². The first-order valence-corrected chi connectivity index (χ1v) is 7.84. The van der Waals surface area contributed by atoms with Crippen LogP contribution in [0.1, 0.15) is 22.3 Å². The second kappa shape index (κ2) is 6.22. The van der Waals surface area contributed by atoms with Crippen molar-refractivity contribution in [1.82, 2.24) is 5.32 Å². The minimum atomic E-state index is 0.00900. The molecular formula is C19H22N2O. The summed E-state index contributed by atoms with van der Waals surface area (Å²) in [6.45, 7) is 5.67. The number of nitrogens with zero attached hydrogens (tertiary/aromatic N) is 1. The van der Waals surface area contributed by atoms with Crippen LogP contribution < -0.4 is 10.2 Å². The van der Waals surface area contributed by atoms with Gasteiger partial charge in [-0.2, -0.15) is 0 Å². The van der Waals surface area contributed by atoms with Crippen molar-refractivity contribution in [2.75, 3.05) is 18.0 Å². The fraction of sp³-hybridized carbons (Fsp3) is 0.316. The Morgan fingerprint density at radius 3 is 2.82 bits per heavy atom. The summed E-state index contributed by atoms with van der Waals surface area (Å²) in [6.07, 6.45) is 1.81. The van der Waals surface area contributed by atoms with Gasteiger partial charge in [0.25, 0.3) is 0 Å². The Balaban J connectivity index is 1.57. The molecule has 0 aromatic heterocycles. The summed E-state index contributed by atoms with van der Waals surface area (Å²) in [5, 5.41) is 3.04. The van der Waals surface area contributed by atoms with Crippen LogP contribution in [-0.2, 0) is 12.8 Å². The van der Waals surface area contributed by atoms with Gasteiger partial charge in [0.1, 0.15) is 0 Å². The molecule has 0 atom stereocenters. The van der Waals surface area contributed by atoms with Crippen LogP contribution in [0.3, 0.4) is 0 Å². The van der Waals surface area contributed by atoms with E-state index in [1.165, 1.54) is 22.3 Å². The first kappa shape index (κ1) is 14.6. The molecular weight excluding hydrogens is 272 g/mol. The standard InChI is InChI=1S/C19H22N2O/c1-14-7-8-16(15(2)13-14)9-11-20-19(22)21-12-10-17-5-3-4-6-18(17)21/h3-8,13H,9-12H2,1-2H3,(H,20,22). The fourth-order valence-electron chi connectivity index (χ4n) is 3.08. The lowest BCUT2D eigenvalue weighted by Crippen LogP contribution is -2.39. The molecule has 0 fully saturated rings. The first-order chi connectivity index (χ1) is 10.6. The van der Waals surface area contributed by atoms with Crippen molar-refractivity contribution in [3.05, 3.63) is 64.7 Å². The van der Waals surface area contributed by atoms with Crippen LogP contribution in [-0.4, -0.2) is 19.1 Å². The highest BCUT2D eigenvalue weighted by Crippen LogP contribution is 2.27. The third-order valence-corrected chi connectivity index (χ3v) is 4.30. The van der Waals surface area contributed by atoms with E-state index in [-0.39, 0.29) is 6.03 Å². The minimum Gasteiger partial charge on any atom is -0.337 e. The van der Waals surface area contributed by atoms with Crippen LogP contribution >= 0.6 is 0 Å². The maximum absolute atomic E-state index is 12.4. The number of fused-ring (bicyclic) bond motifs is 1. The minimum absolute atomic E-state index is 0.00900. The topological polar surface area (TPSA) is 32.3 Å². The van der Waals surface area contributed by atoms with E-state index in [2.05, 4.69) is 43.4 Å².